The van der Waals surface area contributed by atoms with Gasteiger partial charge in [0.05, 0.1) is 10.6 Å². The van der Waals surface area contributed by atoms with E-state index in [0.29, 0.717) is 21.3 Å². The number of thioether (sulfide) groups is 1. The fourth-order valence-corrected chi connectivity index (χ4v) is 5.69. The predicted octanol–water partition coefficient (Wildman–Crippen LogP) is 3.93. The number of allylic oxidation sites excluding steroid dienone is 1. The van der Waals surface area contributed by atoms with Gasteiger partial charge in [0.15, 0.2) is 5.16 Å². The van der Waals surface area contributed by atoms with Gasteiger partial charge in [-0.15, -0.1) is 17.9 Å². The average Bonchev–Trinajstić information content (AvgIpc) is 2.99. The van der Waals surface area contributed by atoms with E-state index in [2.05, 4.69) is 18.5 Å². The minimum Gasteiger partial charge on any atom is -0.346 e. The molecule has 29 heavy (non-hydrogen) atoms. The normalized spacial score (nSPS) is 17.8. The van der Waals surface area contributed by atoms with Gasteiger partial charge >= 0.3 is 6.18 Å². The van der Waals surface area contributed by atoms with E-state index >= 15 is 0 Å². The third-order valence-electron chi connectivity index (χ3n) is 4.81. The maximum absolute atomic E-state index is 13.2. The van der Waals surface area contributed by atoms with Crippen LogP contribution >= 0.6 is 23.1 Å². The van der Waals surface area contributed by atoms with Gasteiger partial charge in [0, 0.05) is 11.4 Å². The van der Waals surface area contributed by atoms with E-state index in [9.17, 15) is 22.8 Å². The molecule has 1 N–H and O–H groups in total. The minimum absolute atomic E-state index is 0.188. The average molecular weight is 446 g/mol. The number of fused-ring (bicyclic) bond motifs is 3. The minimum atomic E-state index is -4.48. The topological polar surface area (TPSA) is 64.0 Å². The van der Waals surface area contributed by atoms with Crippen LogP contribution in [0.2, 0.25) is 0 Å². The van der Waals surface area contributed by atoms with Gasteiger partial charge in [-0.3, -0.25) is 14.2 Å². The number of nitrogens with one attached hydrogen (secondary N) is 1. The largest absolute Gasteiger partial charge is 0.405 e. The zero-order valence-corrected chi connectivity index (χ0v) is 17.8. The smallest absolute Gasteiger partial charge is 0.346 e. The Morgan fingerprint density at radius 1 is 1.52 bits per heavy atom. The molecular formula is C19H22F3N3O2S2. The monoisotopic (exact) mass is 445 g/mol. The number of amides is 1. The molecule has 0 saturated heterocycles. The maximum atomic E-state index is 13.2. The van der Waals surface area contributed by atoms with Crippen molar-refractivity contribution >= 4 is 39.2 Å². The van der Waals surface area contributed by atoms with Crippen LogP contribution in [0, 0.1) is 5.92 Å². The molecule has 0 aromatic carbocycles. The van der Waals surface area contributed by atoms with Gasteiger partial charge < -0.3 is 5.32 Å². The summed E-state index contributed by atoms with van der Waals surface area (Å²) in [6, 6.07) is 0. The first-order valence-corrected chi connectivity index (χ1v) is 11.0. The molecule has 0 spiro atoms. The van der Waals surface area contributed by atoms with E-state index in [-0.39, 0.29) is 12.1 Å². The Hall–Kier alpha value is -1.81. The van der Waals surface area contributed by atoms with E-state index in [1.165, 1.54) is 27.7 Å². The van der Waals surface area contributed by atoms with Gasteiger partial charge in [0.2, 0.25) is 5.91 Å². The van der Waals surface area contributed by atoms with Crippen molar-refractivity contribution in [3.63, 3.8) is 0 Å². The van der Waals surface area contributed by atoms with Crippen LogP contribution in [0.1, 0.15) is 30.7 Å². The Labute approximate surface area is 174 Å². The molecule has 2 unspecified atom stereocenters. The molecule has 5 nitrogen and oxygen atoms in total. The zero-order valence-electron chi connectivity index (χ0n) is 16.1. The number of hydrogen-bond donors (Lipinski definition) is 1. The molecule has 0 bridgehead atoms. The predicted molar refractivity (Wildman–Crippen MR) is 110 cm³/mol. The lowest BCUT2D eigenvalue weighted by molar-refractivity contribution is -0.137. The van der Waals surface area contributed by atoms with Gasteiger partial charge in [-0.05, 0) is 37.7 Å². The van der Waals surface area contributed by atoms with Crippen molar-refractivity contribution in [2.45, 2.75) is 56.2 Å². The van der Waals surface area contributed by atoms with Crippen molar-refractivity contribution in [2.24, 2.45) is 5.92 Å². The van der Waals surface area contributed by atoms with E-state index in [1.807, 2.05) is 5.32 Å². The number of carbonyl (C=O) groups is 1. The summed E-state index contributed by atoms with van der Waals surface area (Å²) in [5.41, 5.74) is 0.873. The number of aryl methyl sites for hydroxylation is 1. The first-order chi connectivity index (χ1) is 13.6. The van der Waals surface area contributed by atoms with Gasteiger partial charge in [0.1, 0.15) is 11.4 Å². The molecule has 10 heteroatoms. The lowest BCUT2D eigenvalue weighted by Crippen LogP contribution is -2.38. The van der Waals surface area contributed by atoms with Crippen molar-refractivity contribution in [2.75, 3.05) is 6.54 Å². The van der Waals surface area contributed by atoms with Crippen molar-refractivity contribution < 1.29 is 18.0 Å². The van der Waals surface area contributed by atoms with Crippen LogP contribution < -0.4 is 10.9 Å². The van der Waals surface area contributed by atoms with Crippen LogP contribution in [0.4, 0.5) is 13.2 Å². The standard InChI is InChI=1S/C19H22F3N3O2S2/c1-4-7-25-17(27)14-12-6-5-10(2)8-13(12)29-16(14)24-18(25)28-11(3)15(26)23-9-19(20,21)22/h4,10-11H,1,5-9H2,2-3H3,(H,23,26). The van der Waals surface area contributed by atoms with Crippen LogP contribution in [0.5, 0.6) is 0 Å². The van der Waals surface area contributed by atoms with Crippen LogP contribution in [0.15, 0.2) is 22.6 Å². The van der Waals surface area contributed by atoms with Gasteiger partial charge in [-0.2, -0.15) is 13.2 Å². The van der Waals surface area contributed by atoms with Crippen LogP contribution in [-0.2, 0) is 24.2 Å². The summed E-state index contributed by atoms with van der Waals surface area (Å²) in [4.78, 5) is 31.6. The summed E-state index contributed by atoms with van der Waals surface area (Å²) in [5, 5.41) is 1.96. The first kappa shape index (κ1) is 21.9. The Bertz CT molecular complexity index is 997. The van der Waals surface area contributed by atoms with Crippen molar-refractivity contribution in [1.82, 2.24) is 14.9 Å². The Morgan fingerprint density at radius 2 is 2.24 bits per heavy atom. The molecule has 0 radical (unpaired) electrons. The Morgan fingerprint density at radius 3 is 2.90 bits per heavy atom. The number of thiophene rings is 1. The molecule has 158 valence electrons. The molecule has 2 atom stereocenters. The van der Waals surface area contributed by atoms with Gasteiger partial charge in [-0.25, -0.2) is 4.98 Å². The van der Waals surface area contributed by atoms with Crippen LogP contribution in [0.25, 0.3) is 10.2 Å². The third-order valence-corrected chi connectivity index (χ3v) is 7.04. The number of aromatic nitrogens is 2. The molecule has 0 saturated carbocycles. The lowest BCUT2D eigenvalue weighted by atomic mass is 9.89. The second-order valence-electron chi connectivity index (χ2n) is 7.22. The summed E-state index contributed by atoms with van der Waals surface area (Å²) in [6.07, 6.45) is -0.142. The molecule has 1 aliphatic carbocycles. The summed E-state index contributed by atoms with van der Waals surface area (Å²) in [6.45, 7) is 6.17. The molecule has 2 aromatic heterocycles. The third kappa shape index (κ3) is 4.85. The Balaban J connectivity index is 1.95. The molecule has 0 fully saturated rings. The number of rotatable bonds is 6. The van der Waals surface area contributed by atoms with E-state index in [4.69, 9.17) is 0 Å². The highest BCUT2D eigenvalue weighted by atomic mass is 32.2. The zero-order chi connectivity index (χ0) is 21.3. The summed E-state index contributed by atoms with van der Waals surface area (Å²) in [7, 11) is 0. The molecule has 1 aliphatic rings. The van der Waals surface area contributed by atoms with Gasteiger partial charge in [0.25, 0.3) is 5.56 Å². The lowest BCUT2D eigenvalue weighted by Gasteiger charge is -2.18. The highest BCUT2D eigenvalue weighted by Gasteiger charge is 2.30. The second-order valence-corrected chi connectivity index (χ2v) is 9.62. The molecule has 2 heterocycles. The van der Waals surface area contributed by atoms with E-state index < -0.39 is 23.9 Å². The summed E-state index contributed by atoms with van der Waals surface area (Å²) >= 11 is 2.47. The van der Waals surface area contributed by atoms with E-state index in [0.717, 1.165) is 36.6 Å². The number of nitrogens with zero attached hydrogens (tertiary/aromatic N) is 2. The highest BCUT2D eigenvalue weighted by molar-refractivity contribution is 8.00. The SMILES string of the molecule is C=CCn1c(SC(C)C(=O)NCC(F)(F)F)nc2sc3c(c2c1=O)CCC(C)C3. The van der Waals surface area contributed by atoms with Gasteiger partial charge in [-0.1, -0.05) is 24.8 Å². The summed E-state index contributed by atoms with van der Waals surface area (Å²) < 4.78 is 38.5. The van der Waals surface area contributed by atoms with Crippen molar-refractivity contribution in [3.05, 3.63) is 33.4 Å². The fourth-order valence-electron chi connectivity index (χ4n) is 3.33. The maximum Gasteiger partial charge on any atom is 0.405 e. The number of halogens is 3. The number of carbonyl (C=O) groups excluding carboxylic acids is 1. The molecule has 2 aromatic rings. The summed E-state index contributed by atoms with van der Waals surface area (Å²) in [5.74, 6) is -0.205. The number of alkyl halides is 3. The number of hydrogen-bond acceptors (Lipinski definition) is 5. The molecule has 0 aliphatic heterocycles. The van der Waals surface area contributed by atoms with Crippen molar-refractivity contribution in [3.8, 4) is 0 Å². The quantitative estimate of drug-likeness (QED) is 0.416. The van der Waals surface area contributed by atoms with Crippen LogP contribution in [0.3, 0.4) is 0 Å². The molecule has 3 rings (SSSR count). The molecule has 1 amide bonds. The van der Waals surface area contributed by atoms with Crippen molar-refractivity contribution in [1.29, 1.82) is 0 Å². The molecular weight excluding hydrogens is 423 g/mol. The van der Waals surface area contributed by atoms with Crippen LogP contribution in [-0.4, -0.2) is 33.4 Å². The Kier molecular flexibility index (Phi) is 6.42. The fraction of sp³-hybridized carbons (Fsp3) is 0.526. The first-order valence-electron chi connectivity index (χ1n) is 9.27. The highest BCUT2D eigenvalue weighted by Crippen LogP contribution is 2.36. The second kappa shape index (κ2) is 8.51. The van der Waals surface area contributed by atoms with E-state index in [1.54, 1.807) is 6.08 Å².